The van der Waals surface area contributed by atoms with Crippen molar-refractivity contribution < 1.29 is 4.74 Å². The summed E-state index contributed by atoms with van der Waals surface area (Å²) in [5, 5.41) is 14.7. The van der Waals surface area contributed by atoms with E-state index in [9.17, 15) is 0 Å². The molecule has 1 aromatic heterocycles. The van der Waals surface area contributed by atoms with Gasteiger partial charge in [-0.15, -0.1) is 11.3 Å². The Kier molecular flexibility index (Phi) is 3.62. The van der Waals surface area contributed by atoms with E-state index in [1.54, 1.807) is 13.2 Å². The Balaban J connectivity index is 1.88. The van der Waals surface area contributed by atoms with Crippen molar-refractivity contribution in [2.75, 3.05) is 12.4 Å². The number of anilines is 1. The van der Waals surface area contributed by atoms with E-state index in [-0.39, 0.29) is 0 Å². The van der Waals surface area contributed by atoms with Crippen LogP contribution in [0.3, 0.4) is 0 Å². The predicted molar refractivity (Wildman–Crippen MR) is 81.3 cm³/mol. The number of nitriles is 1. The second-order valence-electron chi connectivity index (χ2n) is 4.92. The molecule has 102 valence electrons. The van der Waals surface area contributed by atoms with Gasteiger partial charge in [-0.05, 0) is 48.4 Å². The maximum atomic E-state index is 8.95. The molecule has 2 aromatic rings. The quantitative estimate of drug-likeness (QED) is 0.922. The average Bonchev–Trinajstić information content (AvgIpc) is 2.97. The average molecular weight is 284 g/mol. The molecule has 0 fully saturated rings. The molecule has 1 atom stereocenters. The van der Waals surface area contributed by atoms with Crippen molar-refractivity contribution in [3.8, 4) is 11.8 Å². The van der Waals surface area contributed by atoms with Crippen molar-refractivity contribution in [1.82, 2.24) is 0 Å². The van der Waals surface area contributed by atoms with E-state index in [4.69, 9.17) is 10.00 Å². The Morgan fingerprint density at radius 1 is 1.40 bits per heavy atom. The van der Waals surface area contributed by atoms with E-state index in [2.05, 4.69) is 22.8 Å². The minimum absolute atomic E-state index is 0.340. The van der Waals surface area contributed by atoms with Crippen molar-refractivity contribution >= 4 is 17.0 Å². The third kappa shape index (κ3) is 2.37. The molecule has 4 heteroatoms. The first-order chi connectivity index (χ1) is 9.81. The third-order valence-corrected chi connectivity index (χ3v) is 4.71. The van der Waals surface area contributed by atoms with Gasteiger partial charge >= 0.3 is 0 Å². The standard InChI is InChI=1S/C16H16N2OS/c1-19-15-9-11(10-17)5-6-14(15)18-13-3-2-4-16-12(13)7-8-20-16/h5-9,13,18H,2-4H2,1H3. The monoisotopic (exact) mass is 284 g/mol. The number of thiophene rings is 1. The van der Waals surface area contributed by atoms with E-state index in [1.807, 2.05) is 23.5 Å². The molecule has 1 aliphatic carbocycles. The maximum Gasteiger partial charge on any atom is 0.143 e. The molecule has 20 heavy (non-hydrogen) atoms. The highest BCUT2D eigenvalue weighted by atomic mass is 32.1. The molecule has 1 heterocycles. The molecule has 0 saturated heterocycles. The molecule has 0 bridgehead atoms. The van der Waals surface area contributed by atoms with Gasteiger partial charge in [0.25, 0.3) is 0 Å². The van der Waals surface area contributed by atoms with Gasteiger partial charge in [0.2, 0.25) is 0 Å². The van der Waals surface area contributed by atoms with Crippen LogP contribution in [0.25, 0.3) is 0 Å². The smallest absolute Gasteiger partial charge is 0.143 e. The number of nitrogens with one attached hydrogen (secondary N) is 1. The molecule has 1 N–H and O–H groups in total. The minimum atomic E-state index is 0.340. The lowest BCUT2D eigenvalue weighted by Crippen LogP contribution is -2.16. The zero-order valence-electron chi connectivity index (χ0n) is 11.3. The summed E-state index contributed by atoms with van der Waals surface area (Å²) in [5.74, 6) is 0.728. The lowest BCUT2D eigenvalue weighted by atomic mass is 9.94. The second kappa shape index (κ2) is 5.56. The van der Waals surface area contributed by atoms with Crippen LogP contribution in [0, 0.1) is 11.3 Å². The highest BCUT2D eigenvalue weighted by Gasteiger charge is 2.21. The van der Waals surface area contributed by atoms with Crippen LogP contribution in [0.15, 0.2) is 29.6 Å². The summed E-state index contributed by atoms with van der Waals surface area (Å²) >= 11 is 1.84. The van der Waals surface area contributed by atoms with Gasteiger partial charge in [-0.1, -0.05) is 0 Å². The van der Waals surface area contributed by atoms with Crippen LogP contribution >= 0.6 is 11.3 Å². The third-order valence-electron chi connectivity index (χ3n) is 3.71. The molecule has 0 amide bonds. The molecule has 0 radical (unpaired) electrons. The summed E-state index contributed by atoms with van der Waals surface area (Å²) in [5.41, 5.74) is 2.98. The highest BCUT2D eigenvalue weighted by molar-refractivity contribution is 7.10. The van der Waals surface area contributed by atoms with E-state index in [1.165, 1.54) is 23.3 Å². The predicted octanol–water partition coefficient (Wildman–Crippen LogP) is 4.12. The van der Waals surface area contributed by atoms with Crippen LogP contribution in [0.4, 0.5) is 5.69 Å². The van der Waals surface area contributed by atoms with Crippen LogP contribution in [-0.4, -0.2) is 7.11 Å². The van der Waals surface area contributed by atoms with Crippen molar-refractivity contribution in [3.05, 3.63) is 45.6 Å². The van der Waals surface area contributed by atoms with Crippen LogP contribution in [0.5, 0.6) is 5.75 Å². The van der Waals surface area contributed by atoms with Crippen molar-refractivity contribution in [1.29, 1.82) is 5.26 Å². The van der Waals surface area contributed by atoms with Gasteiger partial charge in [0, 0.05) is 10.9 Å². The van der Waals surface area contributed by atoms with E-state index in [0.29, 0.717) is 11.6 Å². The van der Waals surface area contributed by atoms with Gasteiger partial charge in [0.05, 0.1) is 30.5 Å². The fraction of sp³-hybridized carbons (Fsp3) is 0.312. The Bertz CT molecular complexity index is 657. The molecule has 0 aliphatic heterocycles. The SMILES string of the molecule is COc1cc(C#N)ccc1NC1CCCc2sccc21. The second-order valence-corrected chi connectivity index (χ2v) is 5.92. The molecule has 1 aliphatic rings. The number of fused-ring (bicyclic) bond motifs is 1. The van der Waals surface area contributed by atoms with Crippen LogP contribution in [0.2, 0.25) is 0 Å². The number of rotatable bonds is 3. The normalized spacial score (nSPS) is 17.1. The Morgan fingerprint density at radius 2 is 2.30 bits per heavy atom. The van der Waals surface area contributed by atoms with Crippen molar-refractivity contribution in [2.24, 2.45) is 0 Å². The Morgan fingerprint density at radius 3 is 3.10 bits per heavy atom. The molecular weight excluding hydrogens is 268 g/mol. The van der Waals surface area contributed by atoms with Crippen molar-refractivity contribution in [3.63, 3.8) is 0 Å². The zero-order chi connectivity index (χ0) is 13.9. The molecule has 1 unspecified atom stereocenters. The number of benzene rings is 1. The summed E-state index contributed by atoms with van der Waals surface area (Å²) in [6, 6.07) is 10.2. The minimum Gasteiger partial charge on any atom is -0.495 e. The van der Waals surface area contributed by atoms with Crippen LogP contribution in [0.1, 0.15) is 34.9 Å². The molecular formula is C16H16N2OS. The Labute approximate surface area is 122 Å². The van der Waals surface area contributed by atoms with Crippen molar-refractivity contribution in [2.45, 2.75) is 25.3 Å². The number of ether oxygens (including phenoxy) is 1. The fourth-order valence-electron chi connectivity index (χ4n) is 2.70. The summed E-state index contributed by atoms with van der Waals surface area (Å²) in [7, 11) is 1.64. The molecule has 3 nitrogen and oxygen atoms in total. The van der Waals surface area contributed by atoms with E-state index < -0.39 is 0 Å². The van der Waals surface area contributed by atoms with Gasteiger partial charge in [0.1, 0.15) is 5.75 Å². The van der Waals surface area contributed by atoms with Gasteiger partial charge in [-0.3, -0.25) is 0 Å². The van der Waals surface area contributed by atoms with E-state index in [0.717, 1.165) is 17.9 Å². The lowest BCUT2D eigenvalue weighted by Gasteiger charge is -2.25. The van der Waals surface area contributed by atoms with Gasteiger partial charge in [-0.2, -0.15) is 5.26 Å². The summed E-state index contributed by atoms with van der Waals surface area (Å²) < 4.78 is 5.39. The van der Waals surface area contributed by atoms with E-state index >= 15 is 0 Å². The summed E-state index contributed by atoms with van der Waals surface area (Å²) in [6.07, 6.45) is 3.53. The largest absolute Gasteiger partial charge is 0.495 e. The fourth-order valence-corrected chi connectivity index (χ4v) is 3.69. The van der Waals surface area contributed by atoms with Gasteiger partial charge in [-0.25, -0.2) is 0 Å². The molecule has 3 rings (SSSR count). The molecule has 0 saturated carbocycles. The number of methoxy groups -OCH3 is 1. The number of aryl methyl sites for hydroxylation is 1. The number of nitrogens with zero attached hydrogens (tertiary/aromatic N) is 1. The first kappa shape index (κ1) is 13.0. The van der Waals surface area contributed by atoms with Crippen LogP contribution < -0.4 is 10.1 Å². The van der Waals surface area contributed by atoms with Crippen LogP contribution in [-0.2, 0) is 6.42 Å². The topological polar surface area (TPSA) is 45.0 Å². The lowest BCUT2D eigenvalue weighted by molar-refractivity contribution is 0.415. The Hall–Kier alpha value is -1.99. The highest BCUT2D eigenvalue weighted by Crippen LogP contribution is 2.37. The summed E-state index contributed by atoms with van der Waals surface area (Å²) in [6.45, 7) is 0. The maximum absolute atomic E-state index is 8.95. The van der Waals surface area contributed by atoms with Gasteiger partial charge < -0.3 is 10.1 Å². The summed E-state index contributed by atoms with van der Waals surface area (Å²) in [4.78, 5) is 1.49. The number of hydrogen-bond donors (Lipinski definition) is 1. The number of hydrogen-bond acceptors (Lipinski definition) is 4. The molecule has 1 aromatic carbocycles. The molecule has 0 spiro atoms. The zero-order valence-corrected chi connectivity index (χ0v) is 12.2. The van der Waals surface area contributed by atoms with Gasteiger partial charge in [0.15, 0.2) is 0 Å². The first-order valence-electron chi connectivity index (χ1n) is 6.72. The first-order valence-corrected chi connectivity index (χ1v) is 7.60.